The smallest absolute Gasteiger partial charge is 0.0795 e. The zero-order valence-corrected chi connectivity index (χ0v) is 8.21. The van der Waals surface area contributed by atoms with Crippen LogP contribution in [0.5, 0.6) is 0 Å². The van der Waals surface area contributed by atoms with Gasteiger partial charge in [0, 0.05) is 6.04 Å². The molecule has 3 unspecified atom stereocenters. The van der Waals surface area contributed by atoms with E-state index in [-0.39, 0.29) is 6.04 Å². The summed E-state index contributed by atoms with van der Waals surface area (Å²) in [6.07, 6.45) is 5.04. The molecule has 0 aromatic heterocycles. The van der Waals surface area contributed by atoms with Crippen molar-refractivity contribution in [3.05, 3.63) is 0 Å². The molecule has 0 radical (unpaired) electrons. The molecule has 0 bridgehead atoms. The zero-order valence-electron chi connectivity index (χ0n) is 8.21. The summed E-state index contributed by atoms with van der Waals surface area (Å²) < 4.78 is 0. The van der Waals surface area contributed by atoms with Gasteiger partial charge in [-0.2, -0.15) is 0 Å². The average molecular weight is 171 g/mol. The average Bonchev–Trinajstić information content (AvgIpc) is 2.10. The second-order valence-corrected chi connectivity index (χ2v) is 4.11. The highest BCUT2D eigenvalue weighted by atomic mass is 16.3. The predicted molar refractivity (Wildman–Crippen MR) is 50.8 cm³/mol. The summed E-state index contributed by atoms with van der Waals surface area (Å²) in [6.45, 7) is 4.22. The van der Waals surface area contributed by atoms with Crippen LogP contribution in [0.1, 0.15) is 46.0 Å². The Morgan fingerprint density at radius 1 is 1.50 bits per heavy atom. The molecule has 3 N–H and O–H groups in total. The SMILES string of the molecule is CCC1CCC(O)(CC)C(N)C1. The molecule has 0 amide bonds. The lowest BCUT2D eigenvalue weighted by Crippen LogP contribution is -2.51. The van der Waals surface area contributed by atoms with Crippen LogP contribution in [0.25, 0.3) is 0 Å². The fourth-order valence-corrected chi connectivity index (χ4v) is 2.15. The highest BCUT2D eigenvalue weighted by Gasteiger charge is 2.37. The Bertz CT molecular complexity index is 149. The molecular weight excluding hydrogens is 150 g/mol. The topological polar surface area (TPSA) is 46.2 Å². The Hall–Kier alpha value is -0.0800. The van der Waals surface area contributed by atoms with Crippen LogP contribution in [0.15, 0.2) is 0 Å². The van der Waals surface area contributed by atoms with Crippen LogP contribution in [0.2, 0.25) is 0 Å². The van der Waals surface area contributed by atoms with Gasteiger partial charge in [0.05, 0.1) is 5.60 Å². The van der Waals surface area contributed by atoms with E-state index in [0.717, 1.165) is 31.6 Å². The maximum atomic E-state index is 10.0. The van der Waals surface area contributed by atoms with Crippen LogP contribution in [-0.2, 0) is 0 Å². The van der Waals surface area contributed by atoms with Crippen molar-refractivity contribution in [3.63, 3.8) is 0 Å². The third-order valence-electron chi connectivity index (χ3n) is 3.45. The highest BCUT2D eigenvalue weighted by Crippen LogP contribution is 2.34. The first-order chi connectivity index (χ1) is 5.62. The summed E-state index contributed by atoms with van der Waals surface area (Å²) in [5.74, 6) is 0.742. The summed E-state index contributed by atoms with van der Waals surface area (Å²) >= 11 is 0. The largest absolute Gasteiger partial charge is 0.388 e. The van der Waals surface area contributed by atoms with Gasteiger partial charge in [0.1, 0.15) is 0 Å². The summed E-state index contributed by atoms with van der Waals surface area (Å²) in [5, 5.41) is 10.0. The van der Waals surface area contributed by atoms with E-state index in [9.17, 15) is 5.11 Å². The molecule has 0 aromatic carbocycles. The maximum absolute atomic E-state index is 10.0. The molecule has 1 fully saturated rings. The minimum absolute atomic E-state index is 0.00111. The molecule has 1 rings (SSSR count). The van der Waals surface area contributed by atoms with Gasteiger partial charge < -0.3 is 10.8 Å². The molecule has 3 atom stereocenters. The number of hydrogen-bond donors (Lipinski definition) is 2. The van der Waals surface area contributed by atoms with E-state index in [0.29, 0.717) is 0 Å². The van der Waals surface area contributed by atoms with Crippen LogP contribution in [0, 0.1) is 5.92 Å². The Morgan fingerprint density at radius 3 is 2.58 bits per heavy atom. The minimum Gasteiger partial charge on any atom is -0.388 e. The van der Waals surface area contributed by atoms with E-state index < -0.39 is 5.60 Å². The molecule has 1 aliphatic carbocycles. The molecular formula is C10H21NO. The number of nitrogens with two attached hydrogens (primary N) is 1. The molecule has 0 aliphatic heterocycles. The van der Waals surface area contributed by atoms with E-state index >= 15 is 0 Å². The van der Waals surface area contributed by atoms with Gasteiger partial charge in [-0.1, -0.05) is 20.3 Å². The Labute approximate surface area is 75.2 Å². The molecule has 2 heteroatoms. The molecule has 1 saturated carbocycles. The van der Waals surface area contributed by atoms with Crippen molar-refractivity contribution >= 4 is 0 Å². The second kappa shape index (κ2) is 3.75. The zero-order chi connectivity index (χ0) is 9.19. The summed E-state index contributed by atoms with van der Waals surface area (Å²) in [4.78, 5) is 0. The number of hydrogen-bond acceptors (Lipinski definition) is 2. The third kappa shape index (κ3) is 1.80. The van der Waals surface area contributed by atoms with Crippen molar-refractivity contribution in [1.29, 1.82) is 0 Å². The second-order valence-electron chi connectivity index (χ2n) is 4.11. The lowest BCUT2D eigenvalue weighted by molar-refractivity contribution is -0.0309. The number of rotatable bonds is 2. The Balaban J connectivity index is 2.53. The quantitative estimate of drug-likeness (QED) is 0.664. The van der Waals surface area contributed by atoms with Gasteiger partial charge in [-0.05, 0) is 31.6 Å². The van der Waals surface area contributed by atoms with Gasteiger partial charge in [-0.25, -0.2) is 0 Å². The molecule has 0 heterocycles. The first-order valence-corrected chi connectivity index (χ1v) is 5.10. The van der Waals surface area contributed by atoms with E-state index in [1.54, 1.807) is 0 Å². The first-order valence-electron chi connectivity index (χ1n) is 5.10. The van der Waals surface area contributed by atoms with E-state index in [4.69, 9.17) is 5.73 Å². The molecule has 0 aromatic rings. The van der Waals surface area contributed by atoms with Gasteiger partial charge in [-0.15, -0.1) is 0 Å². The van der Waals surface area contributed by atoms with Gasteiger partial charge in [0.2, 0.25) is 0 Å². The lowest BCUT2D eigenvalue weighted by Gasteiger charge is -2.40. The van der Waals surface area contributed by atoms with Gasteiger partial charge >= 0.3 is 0 Å². The van der Waals surface area contributed by atoms with Crippen molar-refractivity contribution in [2.24, 2.45) is 11.7 Å². The van der Waals surface area contributed by atoms with Gasteiger partial charge in [-0.3, -0.25) is 0 Å². The molecule has 0 spiro atoms. The normalized spacial score (nSPS) is 43.0. The van der Waals surface area contributed by atoms with Crippen LogP contribution in [-0.4, -0.2) is 16.7 Å². The third-order valence-corrected chi connectivity index (χ3v) is 3.45. The fourth-order valence-electron chi connectivity index (χ4n) is 2.15. The van der Waals surface area contributed by atoms with Crippen molar-refractivity contribution < 1.29 is 5.11 Å². The standard InChI is InChI=1S/C10H21NO/c1-3-8-5-6-10(12,4-2)9(11)7-8/h8-9,12H,3-7,11H2,1-2H3. The Kier molecular flexibility index (Phi) is 3.13. The van der Waals surface area contributed by atoms with Crippen LogP contribution in [0.3, 0.4) is 0 Å². The predicted octanol–water partition coefficient (Wildman–Crippen LogP) is 1.66. The molecule has 0 saturated heterocycles. The molecule has 72 valence electrons. The maximum Gasteiger partial charge on any atom is 0.0795 e. The summed E-state index contributed by atoms with van der Waals surface area (Å²) in [5.41, 5.74) is 5.38. The van der Waals surface area contributed by atoms with E-state index in [2.05, 4.69) is 6.92 Å². The first kappa shape index (κ1) is 10.0. The molecule has 2 nitrogen and oxygen atoms in total. The van der Waals surface area contributed by atoms with Crippen molar-refractivity contribution in [2.75, 3.05) is 0 Å². The van der Waals surface area contributed by atoms with Crippen LogP contribution >= 0.6 is 0 Å². The Morgan fingerprint density at radius 2 is 2.17 bits per heavy atom. The lowest BCUT2D eigenvalue weighted by atomic mass is 9.73. The van der Waals surface area contributed by atoms with Crippen molar-refractivity contribution in [3.8, 4) is 0 Å². The van der Waals surface area contributed by atoms with Gasteiger partial charge in [0.15, 0.2) is 0 Å². The van der Waals surface area contributed by atoms with Crippen molar-refractivity contribution in [2.45, 2.75) is 57.6 Å². The summed E-state index contributed by atoms with van der Waals surface area (Å²) in [6, 6.07) is 0.00111. The van der Waals surface area contributed by atoms with Gasteiger partial charge in [0.25, 0.3) is 0 Å². The van der Waals surface area contributed by atoms with E-state index in [1.807, 2.05) is 6.92 Å². The highest BCUT2D eigenvalue weighted by molar-refractivity contribution is 4.94. The van der Waals surface area contributed by atoms with Crippen LogP contribution < -0.4 is 5.73 Å². The van der Waals surface area contributed by atoms with Crippen LogP contribution in [0.4, 0.5) is 0 Å². The number of aliphatic hydroxyl groups is 1. The van der Waals surface area contributed by atoms with Crippen molar-refractivity contribution in [1.82, 2.24) is 0 Å². The van der Waals surface area contributed by atoms with E-state index in [1.165, 1.54) is 6.42 Å². The minimum atomic E-state index is -0.564. The molecule has 12 heavy (non-hydrogen) atoms. The fraction of sp³-hybridized carbons (Fsp3) is 1.00. The summed E-state index contributed by atoms with van der Waals surface area (Å²) in [7, 11) is 0. The monoisotopic (exact) mass is 171 g/mol. The molecule has 1 aliphatic rings.